The van der Waals surface area contributed by atoms with Gasteiger partial charge in [0.25, 0.3) is 0 Å². The average molecular weight is 200 g/mol. The molecular formula is C9H10ClNO2. The van der Waals surface area contributed by atoms with Gasteiger partial charge in [-0.2, -0.15) is 0 Å². The van der Waals surface area contributed by atoms with Gasteiger partial charge < -0.3 is 10.8 Å². The van der Waals surface area contributed by atoms with Gasteiger partial charge in [-0.05, 0) is 11.6 Å². The first-order valence-electron chi connectivity index (χ1n) is 3.84. The molecule has 1 rings (SSSR count). The Bertz CT molecular complexity index is 314. The van der Waals surface area contributed by atoms with Crippen LogP contribution < -0.4 is 5.73 Å². The number of benzene rings is 1. The van der Waals surface area contributed by atoms with E-state index in [1.165, 1.54) is 0 Å². The minimum Gasteiger partial charge on any atom is -0.481 e. The molecule has 0 fully saturated rings. The minimum absolute atomic E-state index is 0.0546. The fourth-order valence-electron chi connectivity index (χ4n) is 1.12. The van der Waals surface area contributed by atoms with E-state index in [0.717, 1.165) is 0 Å². The van der Waals surface area contributed by atoms with Gasteiger partial charge in [0.05, 0.1) is 5.92 Å². The summed E-state index contributed by atoms with van der Waals surface area (Å²) < 4.78 is 0. The van der Waals surface area contributed by atoms with E-state index >= 15 is 0 Å². The van der Waals surface area contributed by atoms with Crippen LogP contribution in [0.1, 0.15) is 11.5 Å². The summed E-state index contributed by atoms with van der Waals surface area (Å²) in [4.78, 5) is 10.7. The maximum atomic E-state index is 10.7. The van der Waals surface area contributed by atoms with Crippen molar-refractivity contribution in [2.24, 2.45) is 5.73 Å². The van der Waals surface area contributed by atoms with E-state index in [1.807, 2.05) is 0 Å². The molecule has 0 aliphatic carbocycles. The number of carboxylic acid groups (broad SMARTS) is 1. The van der Waals surface area contributed by atoms with Gasteiger partial charge in [0.2, 0.25) is 0 Å². The first-order valence-corrected chi connectivity index (χ1v) is 4.22. The zero-order valence-electron chi connectivity index (χ0n) is 6.90. The van der Waals surface area contributed by atoms with E-state index in [1.54, 1.807) is 24.3 Å². The monoisotopic (exact) mass is 199 g/mol. The molecule has 0 radical (unpaired) electrons. The van der Waals surface area contributed by atoms with Gasteiger partial charge in [0, 0.05) is 11.6 Å². The van der Waals surface area contributed by atoms with Gasteiger partial charge in [-0.15, -0.1) is 0 Å². The van der Waals surface area contributed by atoms with Gasteiger partial charge in [0.15, 0.2) is 0 Å². The molecule has 3 nitrogen and oxygen atoms in total. The Morgan fingerprint density at radius 1 is 1.54 bits per heavy atom. The second kappa shape index (κ2) is 4.25. The summed E-state index contributed by atoms with van der Waals surface area (Å²) in [6.45, 7) is 0.0546. The molecule has 13 heavy (non-hydrogen) atoms. The molecular weight excluding hydrogens is 190 g/mol. The molecule has 0 aromatic heterocycles. The lowest BCUT2D eigenvalue weighted by Gasteiger charge is -2.10. The number of rotatable bonds is 3. The average Bonchev–Trinajstić information content (AvgIpc) is 2.09. The van der Waals surface area contributed by atoms with Gasteiger partial charge in [-0.3, -0.25) is 4.79 Å². The molecule has 0 heterocycles. The van der Waals surface area contributed by atoms with Crippen molar-refractivity contribution in [2.75, 3.05) is 6.54 Å². The van der Waals surface area contributed by atoms with Crippen LogP contribution in [0.3, 0.4) is 0 Å². The Morgan fingerprint density at radius 2 is 2.15 bits per heavy atom. The van der Waals surface area contributed by atoms with Crippen LogP contribution >= 0.6 is 11.6 Å². The molecule has 0 saturated heterocycles. The Kier molecular flexibility index (Phi) is 3.28. The van der Waals surface area contributed by atoms with Gasteiger partial charge in [0.1, 0.15) is 0 Å². The lowest BCUT2D eigenvalue weighted by molar-refractivity contribution is -0.138. The molecule has 0 bridgehead atoms. The van der Waals surface area contributed by atoms with Crippen molar-refractivity contribution < 1.29 is 9.90 Å². The fourth-order valence-corrected chi connectivity index (χ4v) is 1.39. The second-order valence-corrected chi connectivity index (χ2v) is 3.06. The van der Waals surface area contributed by atoms with Crippen molar-refractivity contribution >= 4 is 17.6 Å². The molecule has 0 aliphatic heterocycles. The summed E-state index contributed by atoms with van der Waals surface area (Å²) in [6, 6.07) is 6.82. The predicted molar refractivity (Wildman–Crippen MR) is 50.9 cm³/mol. The zero-order valence-corrected chi connectivity index (χ0v) is 7.66. The van der Waals surface area contributed by atoms with Crippen LogP contribution in [-0.2, 0) is 4.79 Å². The number of carbonyl (C=O) groups is 1. The number of halogens is 1. The molecule has 1 aromatic rings. The summed E-state index contributed by atoms with van der Waals surface area (Å²) in [7, 11) is 0. The van der Waals surface area contributed by atoms with Crippen LogP contribution in [0.15, 0.2) is 24.3 Å². The summed E-state index contributed by atoms with van der Waals surface area (Å²) >= 11 is 5.82. The molecule has 0 saturated carbocycles. The van der Waals surface area contributed by atoms with Crippen LogP contribution in [0, 0.1) is 0 Å². The molecule has 70 valence electrons. The first-order chi connectivity index (χ1) is 6.16. The van der Waals surface area contributed by atoms with Crippen molar-refractivity contribution in [1.29, 1.82) is 0 Å². The van der Waals surface area contributed by atoms with E-state index in [0.29, 0.717) is 10.6 Å². The third kappa shape index (κ3) is 2.20. The van der Waals surface area contributed by atoms with Crippen LogP contribution in [0.2, 0.25) is 5.02 Å². The maximum absolute atomic E-state index is 10.7. The number of carboxylic acids is 1. The van der Waals surface area contributed by atoms with Crippen molar-refractivity contribution in [3.8, 4) is 0 Å². The Morgan fingerprint density at radius 3 is 2.62 bits per heavy atom. The lowest BCUT2D eigenvalue weighted by Crippen LogP contribution is -2.21. The lowest BCUT2D eigenvalue weighted by atomic mass is 10.00. The highest BCUT2D eigenvalue weighted by Gasteiger charge is 2.19. The predicted octanol–water partition coefficient (Wildman–Crippen LogP) is 1.47. The highest BCUT2D eigenvalue weighted by Crippen LogP contribution is 2.23. The first kappa shape index (κ1) is 10.0. The normalized spacial score (nSPS) is 12.5. The standard InChI is InChI=1S/C9H10ClNO2/c10-8-4-2-1-3-6(8)7(5-11)9(12)13/h1-4,7H,5,11H2,(H,12,13)/t7-/m1/s1. The second-order valence-electron chi connectivity index (χ2n) is 2.65. The topological polar surface area (TPSA) is 63.3 Å². The molecule has 4 heteroatoms. The van der Waals surface area contributed by atoms with E-state index in [9.17, 15) is 4.79 Å². The third-order valence-corrected chi connectivity index (χ3v) is 2.16. The van der Waals surface area contributed by atoms with Crippen LogP contribution in [0.4, 0.5) is 0 Å². The van der Waals surface area contributed by atoms with Gasteiger partial charge in [-0.25, -0.2) is 0 Å². The van der Waals surface area contributed by atoms with Crippen molar-refractivity contribution in [1.82, 2.24) is 0 Å². The summed E-state index contributed by atoms with van der Waals surface area (Å²) in [5.74, 6) is -1.66. The number of hydrogen-bond donors (Lipinski definition) is 2. The van der Waals surface area contributed by atoms with E-state index in [-0.39, 0.29) is 6.54 Å². The van der Waals surface area contributed by atoms with Crippen LogP contribution in [0.25, 0.3) is 0 Å². The van der Waals surface area contributed by atoms with Gasteiger partial charge >= 0.3 is 5.97 Å². The third-order valence-electron chi connectivity index (χ3n) is 1.81. The smallest absolute Gasteiger partial charge is 0.312 e. The Labute approximate surface area is 81.1 Å². The zero-order chi connectivity index (χ0) is 9.84. The highest BCUT2D eigenvalue weighted by molar-refractivity contribution is 6.31. The largest absolute Gasteiger partial charge is 0.481 e. The number of nitrogens with two attached hydrogens (primary N) is 1. The van der Waals surface area contributed by atoms with E-state index in [4.69, 9.17) is 22.4 Å². The SMILES string of the molecule is NC[C@@H](C(=O)O)c1ccccc1Cl. The molecule has 0 aliphatic rings. The fraction of sp³-hybridized carbons (Fsp3) is 0.222. The quantitative estimate of drug-likeness (QED) is 0.775. The van der Waals surface area contributed by atoms with Crippen LogP contribution in [0.5, 0.6) is 0 Å². The molecule has 0 unspecified atom stereocenters. The molecule has 0 amide bonds. The highest BCUT2D eigenvalue weighted by atomic mass is 35.5. The molecule has 0 spiro atoms. The minimum atomic E-state index is -0.949. The maximum Gasteiger partial charge on any atom is 0.312 e. The Hall–Kier alpha value is -1.06. The number of aliphatic carboxylic acids is 1. The van der Waals surface area contributed by atoms with Gasteiger partial charge in [-0.1, -0.05) is 29.8 Å². The summed E-state index contributed by atoms with van der Waals surface area (Å²) in [5, 5.41) is 9.26. The van der Waals surface area contributed by atoms with Crippen LogP contribution in [-0.4, -0.2) is 17.6 Å². The number of hydrogen-bond acceptors (Lipinski definition) is 2. The Balaban J connectivity index is 3.04. The summed E-state index contributed by atoms with van der Waals surface area (Å²) in [6.07, 6.45) is 0. The van der Waals surface area contributed by atoms with Crippen molar-refractivity contribution in [3.63, 3.8) is 0 Å². The van der Waals surface area contributed by atoms with Crippen molar-refractivity contribution in [3.05, 3.63) is 34.9 Å². The molecule has 1 atom stereocenters. The van der Waals surface area contributed by atoms with E-state index < -0.39 is 11.9 Å². The molecule has 1 aromatic carbocycles. The van der Waals surface area contributed by atoms with E-state index in [2.05, 4.69) is 0 Å². The summed E-state index contributed by atoms with van der Waals surface area (Å²) in [5.41, 5.74) is 5.90. The molecule has 3 N–H and O–H groups in total. The van der Waals surface area contributed by atoms with Crippen molar-refractivity contribution in [2.45, 2.75) is 5.92 Å².